The topological polar surface area (TPSA) is 83.8 Å². The van der Waals surface area contributed by atoms with Crippen molar-refractivity contribution in [1.82, 2.24) is 15.3 Å². The van der Waals surface area contributed by atoms with Crippen LogP contribution in [0.3, 0.4) is 0 Å². The van der Waals surface area contributed by atoms with E-state index in [9.17, 15) is 4.79 Å². The van der Waals surface area contributed by atoms with Gasteiger partial charge in [0, 0.05) is 18.1 Å². The monoisotopic (exact) mass is 258 g/mol. The number of hydrogen-bond acceptors (Lipinski definition) is 3. The molecular weight excluding hydrogens is 240 g/mol. The van der Waals surface area contributed by atoms with Crippen LogP contribution in [0.1, 0.15) is 30.8 Å². The number of nitrogens with zero attached hydrogens (tertiary/aromatic N) is 1. The molecule has 0 fully saturated rings. The molecule has 1 aromatic heterocycles. The first kappa shape index (κ1) is 13.1. The minimum atomic E-state index is -0.0903. The third kappa shape index (κ3) is 3.34. The number of benzene rings is 1. The molecule has 5 heteroatoms. The number of imidazole rings is 1. The maximum absolute atomic E-state index is 12.0. The van der Waals surface area contributed by atoms with Crippen molar-refractivity contribution in [2.75, 3.05) is 5.73 Å². The second-order valence-corrected chi connectivity index (χ2v) is 4.38. The van der Waals surface area contributed by atoms with Crippen molar-refractivity contribution in [2.45, 2.75) is 25.8 Å². The molecule has 5 nitrogen and oxygen atoms in total. The average molecular weight is 258 g/mol. The Balaban J connectivity index is 1.99. The number of rotatable bonds is 5. The van der Waals surface area contributed by atoms with Gasteiger partial charge < -0.3 is 16.0 Å². The fraction of sp³-hybridized carbons (Fsp3) is 0.286. The number of nitrogens with one attached hydrogen (secondary N) is 2. The normalized spacial score (nSPS) is 12.1. The molecule has 0 saturated carbocycles. The summed E-state index contributed by atoms with van der Waals surface area (Å²) in [4.78, 5) is 19.2. The molecule has 2 rings (SSSR count). The Bertz CT molecular complexity index is 536. The molecule has 0 aliphatic heterocycles. The fourth-order valence-corrected chi connectivity index (χ4v) is 1.95. The van der Waals surface area contributed by atoms with Crippen LogP contribution in [0.25, 0.3) is 0 Å². The van der Waals surface area contributed by atoms with Crippen LogP contribution >= 0.6 is 0 Å². The van der Waals surface area contributed by atoms with E-state index in [0.29, 0.717) is 5.69 Å². The number of hydrogen-bond donors (Lipinski definition) is 3. The number of aromatic amines is 1. The summed E-state index contributed by atoms with van der Waals surface area (Å²) in [5.74, 6) is 0.720. The van der Waals surface area contributed by atoms with Crippen molar-refractivity contribution < 1.29 is 4.79 Å². The number of aromatic nitrogens is 2. The lowest BCUT2D eigenvalue weighted by Gasteiger charge is -2.15. The lowest BCUT2D eigenvalue weighted by Crippen LogP contribution is -2.30. The van der Waals surface area contributed by atoms with Gasteiger partial charge in [0.05, 0.1) is 12.5 Å². The zero-order valence-electron chi connectivity index (χ0n) is 10.9. The molecule has 19 heavy (non-hydrogen) atoms. The summed E-state index contributed by atoms with van der Waals surface area (Å²) >= 11 is 0. The SMILES string of the molecule is CCC(NC(=O)Cc1ccccc1N)c1ncc[nH]1. The first-order valence-corrected chi connectivity index (χ1v) is 6.32. The van der Waals surface area contributed by atoms with E-state index in [0.717, 1.165) is 17.8 Å². The molecule has 1 heterocycles. The van der Waals surface area contributed by atoms with E-state index < -0.39 is 0 Å². The van der Waals surface area contributed by atoms with Gasteiger partial charge in [-0.3, -0.25) is 4.79 Å². The van der Waals surface area contributed by atoms with Gasteiger partial charge in [0.15, 0.2) is 0 Å². The first-order valence-electron chi connectivity index (χ1n) is 6.32. The number of nitrogens with two attached hydrogens (primary N) is 1. The van der Waals surface area contributed by atoms with Crippen LogP contribution in [0.15, 0.2) is 36.7 Å². The predicted octanol–water partition coefficient (Wildman–Crippen LogP) is 1.80. The highest BCUT2D eigenvalue weighted by atomic mass is 16.1. The van der Waals surface area contributed by atoms with Crippen LogP contribution in [0.5, 0.6) is 0 Å². The predicted molar refractivity (Wildman–Crippen MR) is 74.3 cm³/mol. The number of H-pyrrole nitrogens is 1. The third-order valence-corrected chi connectivity index (χ3v) is 3.00. The number of carbonyl (C=O) groups excluding carboxylic acids is 1. The van der Waals surface area contributed by atoms with Gasteiger partial charge in [0.2, 0.25) is 5.91 Å². The number of nitrogen functional groups attached to an aromatic ring is 1. The lowest BCUT2D eigenvalue weighted by atomic mass is 10.1. The van der Waals surface area contributed by atoms with E-state index >= 15 is 0 Å². The number of anilines is 1. The van der Waals surface area contributed by atoms with E-state index in [4.69, 9.17) is 5.73 Å². The lowest BCUT2D eigenvalue weighted by molar-refractivity contribution is -0.121. The van der Waals surface area contributed by atoms with Gasteiger partial charge in [-0.1, -0.05) is 25.1 Å². The second kappa shape index (κ2) is 6.04. The van der Waals surface area contributed by atoms with Crippen molar-refractivity contribution >= 4 is 11.6 Å². The molecule has 0 radical (unpaired) electrons. The Morgan fingerprint density at radius 3 is 2.89 bits per heavy atom. The number of carbonyl (C=O) groups is 1. The summed E-state index contributed by atoms with van der Waals surface area (Å²) in [5.41, 5.74) is 7.31. The molecule has 1 amide bonds. The van der Waals surface area contributed by atoms with Gasteiger partial charge in [-0.25, -0.2) is 4.98 Å². The highest BCUT2D eigenvalue weighted by molar-refractivity contribution is 5.80. The fourth-order valence-electron chi connectivity index (χ4n) is 1.95. The van der Waals surface area contributed by atoms with Crippen molar-refractivity contribution in [3.05, 3.63) is 48.0 Å². The van der Waals surface area contributed by atoms with Crippen LogP contribution in [-0.2, 0) is 11.2 Å². The van der Waals surface area contributed by atoms with Crippen LogP contribution < -0.4 is 11.1 Å². The van der Waals surface area contributed by atoms with Gasteiger partial charge in [-0.2, -0.15) is 0 Å². The summed E-state index contributed by atoms with van der Waals surface area (Å²) in [6.45, 7) is 2.00. The van der Waals surface area contributed by atoms with Gasteiger partial charge in [-0.05, 0) is 18.1 Å². The van der Waals surface area contributed by atoms with Gasteiger partial charge in [0.1, 0.15) is 5.82 Å². The molecular formula is C14H18N4O. The largest absolute Gasteiger partial charge is 0.398 e. The van der Waals surface area contributed by atoms with E-state index in [-0.39, 0.29) is 18.4 Å². The minimum Gasteiger partial charge on any atom is -0.398 e. The standard InChI is InChI=1S/C14H18N4O/c1-2-12(14-16-7-8-17-14)18-13(19)9-10-5-3-4-6-11(10)15/h3-8,12H,2,9,15H2,1H3,(H,16,17)(H,18,19). The van der Waals surface area contributed by atoms with Crippen molar-refractivity contribution in [1.29, 1.82) is 0 Å². The van der Waals surface area contributed by atoms with Gasteiger partial charge in [0.25, 0.3) is 0 Å². The summed E-state index contributed by atoms with van der Waals surface area (Å²) in [5, 5.41) is 2.96. The van der Waals surface area contributed by atoms with Crippen LogP contribution in [0.2, 0.25) is 0 Å². The van der Waals surface area contributed by atoms with Gasteiger partial charge in [-0.15, -0.1) is 0 Å². The highest BCUT2D eigenvalue weighted by Crippen LogP contribution is 2.14. The van der Waals surface area contributed by atoms with E-state index in [2.05, 4.69) is 15.3 Å². The quantitative estimate of drug-likeness (QED) is 0.715. The first-order chi connectivity index (χ1) is 9.20. The zero-order valence-corrected chi connectivity index (χ0v) is 10.9. The molecule has 1 unspecified atom stereocenters. The Morgan fingerprint density at radius 1 is 1.47 bits per heavy atom. The average Bonchev–Trinajstić information content (AvgIpc) is 2.92. The van der Waals surface area contributed by atoms with Crippen LogP contribution in [0, 0.1) is 0 Å². The third-order valence-electron chi connectivity index (χ3n) is 3.00. The molecule has 0 bridgehead atoms. The van der Waals surface area contributed by atoms with E-state index in [1.807, 2.05) is 25.1 Å². The molecule has 0 spiro atoms. The number of amides is 1. The smallest absolute Gasteiger partial charge is 0.225 e. The second-order valence-electron chi connectivity index (χ2n) is 4.38. The maximum Gasteiger partial charge on any atom is 0.225 e. The number of para-hydroxylation sites is 1. The summed E-state index contributed by atoms with van der Waals surface area (Å²) in [6.07, 6.45) is 4.49. The summed E-state index contributed by atoms with van der Waals surface area (Å²) in [7, 11) is 0. The molecule has 0 aliphatic carbocycles. The maximum atomic E-state index is 12.0. The molecule has 1 aromatic carbocycles. The molecule has 100 valence electrons. The molecule has 1 atom stereocenters. The Labute approximate surface area is 112 Å². The summed E-state index contributed by atoms with van der Waals surface area (Å²) < 4.78 is 0. The zero-order chi connectivity index (χ0) is 13.7. The van der Waals surface area contributed by atoms with Gasteiger partial charge >= 0.3 is 0 Å². The van der Waals surface area contributed by atoms with E-state index in [1.165, 1.54) is 0 Å². The van der Waals surface area contributed by atoms with Crippen LogP contribution in [0.4, 0.5) is 5.69 Å². The Kier molecular flexibility index (Phi) is 4.18. The molecule has 0 saturated heterocycles. The van der Waals surface area contributed by atoms with E-state index in [1.54, 1.807) is 18.5 Å². The van der Waals surface area contributed by atoms with Crippen molar-refractivity contribution in [3.8, 4) is 0 Å². The van der Waals surface area contributed by atoms with Crippen molar-refractivity contribution in [2.24, 2.45) is 0 Å². The highest BCUT2D eigenvalue weighted by Gasteiger charge is 2.15. The minimum absolute atomic E-state index is 0.0545. The molecule has 2 aromatic rings. The summed E-state index contributed by atoms with van der Waals surface area (Å²) in [6, 6.07) is 7.30. The Hall–Kier alpha value is -2.30. The van der Waals surface area contributed by atoms with Crippen LogP contribution in [-0.4, -0.2) is 15.9 Å². The molecule has 4 N–H and O–H groups in total. The Morgan fingerprint density at radius 2 is 2.26 bits per heavy atom. The van der Waals surface area contributed by atoms with Crippen molar-refractivity contribution in [3.63, 3.8) is 0 Å². The molecule has 0 aliphatic rings.